The van der Waals surface area contributed by atoms with Gasteiger partial charge in [0.05, 0.1) is 5.92 Å². The molecule has 1 aromatic rings. The molecule has 0 N–H and O–H groups in total. The molecule has 0 bridgehead atoms. The summed E-state index contributed by atoms with van der Waals surface area (Å²) in [5, 5.41) is 0. The molecule has 2 heterocycles. The first-order valence-electron chi connectivity index (χ1n) is 8.93. The Hall–Kier alpha value is -1.69. The van der Waals surface area contributed by atoms with Gasteiger partial charge in [0.2, 0.25) is 11.9 Å². The number of carbonyl (C=O) groups is 1. The SMILES string of the molecule is CC(C)CN(CCN(C)C)C(=O)[C@@H]1CCCN(c2ncccn2)C1. The van der Waals surface area contributed by atoms with Crippen molar-refractivity contribution in [3.63, 3.8) is 0 Å². The monoisotopic (exact) mass is 333 g/mol. The first-order chi connectivity index (χ1) is 11.5. The molecule has 1 aliphatic rings. The fourth-order valence-electron chi connectivity index (χ4n) is 3.13. The predicted octanol–water partition coefficient (Wildman–Crippen LogP) is 1.74. The molecule has 0 spiro atoms. The van der Waals surface area contributed by atoms with Crippen LogP contribution >= 0.6 is 0 Å². The van der Waals surface area contributed by atoms with Crippen LogP contribution in [0.1, 0.15) is 26.7 Å². The molecule has 1 saturated heterocycles. The summed E-state index contributed by atoms with van der Waals surface area (Å²) < 4.78 is 0. The number of piperidine rings is 1. The number of rotatable bonds is 7. The first-order valence-corrected chi connectivity index (χ1v) is 8.93. The van der Waals surface area contributed by atoms with Crippen molar-refractivity contribution in [2.45, 2.75) is 26.7 Å². The molecule has 6 heteroatoms. The van der Waals surface area contributed by atoms with Crippen molar-refractivity contribution in [1.82, 2.24) is 19.8 Å². The van der Waals surface area contributed by atoms with E-state index in [1.807, 2.05) is 25.1 Å². The van der Waals surface area contributed by atoms with E-state index in [4.69, 9.17) is 0 Å². The highest BCUT2D eigenvalue weighted by atomic mass is 16.2. The summed E-state index contributed by atoms with van der Waals surface area (Å²) in [6.45, 7) is 8.50. The molecule has 1 amide bonds. The van der Waals surface area contributed by atoms with Crippen LogP contribution in [0, 0.1) is 11.8 Å². The summed E-state index contributed by atoms with van der Waals surface area (Å²) in [4.78, 5) is 28.0. The fourth-order valence-corrected chi connectivity index (χ4v) is 3.13. The highest BCUT2D eigenvalue weighted by Gasteiger charge is 2.30. The summed E-state index contributed by atoms with van der Waals surface area (Å²) >= 11 is 0. The summed E-state index contributed by atoms with van der Waals surface area (Å²) in [7, 11) is 4.10. The lowest BCUT2D eigenvalue weighted by Crippen LogP contribution is -2.47. The smallest absolute Gasteiger partial charge is 0.227 e. The number of amides is 1. The highest BCUT2D eigenvalue weighted by Crippen LogP contribution is 2.22. The van der Waals surface area contributed by atoms with E-state index in [2.05, 4.69) is 33.6 Å². The van der Waals surface area contributed by atoms with E-state index in [0.717, 1.165) is 51.5 Å². The summed E-state index contributed by atoms with van der Waals surface area (Å²) in [6, 6.07) is 1.82. The van der Waals surface area contributed by atoms with E-state index in [-0.39, 0.29) is 11.8 Å². The maximum atomic E-state index is 13.1. The van der Waals surface area contributed by atoms with Crippen LogP contribution in [0.15, 0.2) is 18.5 Å². The maximum absolute atomic E-state index is 13.1. The molecule has 1 aliphatic heterocycles. The second-order valence-corrected chi connectivity index (χ2v) is 7.32. The minimum atomic E-state index is 0.0449. The van der Waals surface area contributed by atoms with Gasteiger partial charge in [-0.1, -0.05) is 13.8 Å². The van der Waals surface area contributed by atoms with Crippen molar-refractivity contribution >= 4 is 11.9 Å². The van der Waals surface area contributed by atoms with Gasteiger partial charge in [-0.25, -0.2) is 9.97 Å². The number of nitrogens with zero attached hydrogens (tertiary/aromatic N) is 5. The summed E-state index contributed by atoms with van der Waals surface area (Å²) in [5.74, 6) is 1.54. The standard InChI is InChI=1S/C18H31N5O/c1-15(2)13-22(12-11-21(3)4)17(24)16-7-5-10-23(14-16)18-19-8-6-9-20-18/h6,8-9,15-16H,5,7,10-14H2,1-4H3/t16-/m1/s1. The predicted molar refractivity (Wildman–Crippen MR) is 96.9 cm³/mol. The molecule has 0 unspecified atom stereocenters. The second-order valence-electron chi connectivity index (χ2n) is 7.32. The zero-order chi connectivity index (χ0) is 17.5. The van der Waals surface area contributed by atoms with E-state index < -0.39 is 0 Å². The average molecular weight is 333 g/mol. The Morgan fingerprint density at radius 3 is 2.62 bits per heavy atom. The Bertz CT molecular complexity index is 505. The van der Waals surface area contributed by atoms with Crippen molar-refractivity contribution in [3.8, 4) is 0 Å². The molecular weight excluding hydrogens is 302 g/mol. The lowest BCUT2D eigenvalue weighted by Gasteiger charge is -2.35. The van der Waals surface area contributed by atoms with E-state index >= 15 is 0 Å². The largest absolute Gasteiger partial charge is 0.341 e. The lowest BCUT2D eigenvalue weighted by atomic mass is 9.96. The minimum absolute atomic E-state index is 0.0449. The van der Waals surface area contributed by atoms with Crippen LogP contribution in [0.5, 0.6) is 0 Å². The van der Waals surface area contributed by atoms with Crippen LogP contribution < -0.4 is 4.90 Å². The highest BCUT2D eigenvalue weighted by molar-refractivity contribution is 5.79. The van der Waals surface area contributed by atoms with Crippen molar-refractivity contribution in [2.24, 2.45) is 11.8 Å². The van der Waals surface area contributed by atoms with Crippen LogP contribution in [-0.4, -0.2) is 72.5 Å². The molecule has 0 aliphatic carbocycles. The van der Waals surface area contributed by atoms with Gasteiger partial charge in [-0.2, -0.15) is 0 Å². The van der Waals surface area contributed by atoms with Crippen LogP contribution in [0.3, 0.4) is 0 Å². The Balaban J connectivity index is 2.02. The molecule has 1 atom stereocenters. The average Bonchev–Trinajstić information content (AvgIpc) is 2.58. The van der Waals surface area contributed by atoms with Crippen LogP contribution in [0.25, 0.3) is 0 Å². The molecule has 0 aromatic carbocycles. The number of hydrogen-bond donors (Lipinski definition) is 0. The number of aromatic nitrogens is 2. The van der Waals surface area contributed by atoms with Crippen LogP contribution in [0.2, 0.25) is 0 Å². The Kier molecular flexibility index (Phi) is 6.97. The Morgan fingerprint density at radius 1 is 1.29 bits per heavy atom. The number of likely N-dealkylation sites (N-methyl/N-ethyl adjacent to an activating group) is 1. The molecular formula is C18H31N5O. The van der Waals surface area contributed by atoms with Gasteiger partial charge in [0.25, 0.3) is 0 Å². The normalized spacial score (nSPS) is 18.2. The molecule has 0 radical (unpaired) electrons. The zero-order valence-corrected chi connectivity index (χ0v) is 15.5. The third kappa shape index (κ3) is 5.44. The van der Waals surface area contributed by atoms with Crippen LogP contribution in [-0.2, 0) is 4.79 Å². The van der Waals surface area contributed by atoms with E-state index in [1.54, 1.807) is 12.4 Å². The van der Waals surface area contributed by atoms with Gasteiger partial charge < -0.3 is 14.7 Å². The molecule has 6 nitrogen and oxygen atoms in total. The van der Waals surface area contributed by atoms with E-state index in [1.165, 1.54) is 0 Å². The number of anilines is 1. The fraction of sp³-hybridized carbons (Fsp3) is 0.722. The topological polar surface area (TPSA) is 52.6 Å². The zero-order valence-electron chi connectivity index (χ0n) is 15.5. The first kappa shape index (κ1) is 18.6. The van der Waals surface area contributed by atoms with Gasteiger partial charge in [-0.05, 0) is 38.9 Å². The number of carbonyl (C=O) groups excluding carboxylic acids is 1. The van der Waals surface area contributed by atoms with Crippen molar-refractivity contribution in [1.29, 1.82) is 0 Å². The lowest BCUT2D eigenvalue weighted by molar-refractivity contribution is -0.136. The third-order valence-corrected chi connectivity index (χ3v) is 4.32. The molecule has 0 saturated carbocycles. The summed E-state index contributed by atoms with van der Waals surface area (Å²) in [6.07, 6.45) is 5.49. The van der Waals surface area contributed by atoms with Crippen molar-refractivity contribution in [3.05, 3.63) is 18.5 Å². The molecule has 1 fully saturated rings. The van der Waals surface area contributed by atoms with Gasteiger partial charge in [-0.15, -0.1) is 0 Å². The van der Waals surface area contributed by atoms with Gasteiger partial charge in [0.1, 0.15) is 0 Å². The van der Waals surface area contributed by atoms with Gasteiger partial charge >= 0.3 is 0 Å². The molecule has 1 aromatic heterocycles. The molecule has 2 rings (SSSR count). The Labute approximate surface area is 145 Å². The van der Waals surface area contributed by atoms with Crippen molar-refractivity contribution < 1.29 is 4.79 Å². The Morgan fingerprint density at radius 2 is 2.00 bits per heavy atom. The maximum Gasteiger partial charge on any atom is 0.227 e. The number of hydrogen-bond acceptors (Lipinski definition) is 5. The van der Waals surface area contributed by atoms with E-state index in [0.29, 0.717) is 5.92 Å². The quantitative estimate of drug-likeness (QED) is 0.761. The molecule has 24 heavy (non-hydrogen) atoms. The van der Waals surface area contributed by atoms with Gasteiger partial charge in [-0.3, -0.25) is 4.79 Å². The second kappa shape index (κ2) is 8.97. The molecule has 134 valence electrons. The van der Waals surface area contributed by atoms with Gasteiger partial charge in [0.15, 0.2) is 0 Å². The minimum Gasteiger partial charge on any atom is -0.341 e. The van der Waals surface area contributed by atoms with Crippen molar-refractivity contribution in [2.75, 3.05) is 51.7 Å². The van der Waals surface area contributed by atoms with Crippen LogP contribution in [0.4, 0.5) is 5.95 Å². The summed E-state index contributed by atoms with van der Waals surface area (Å²) in [5.41, 5.74) is 0. The van der Waals surface area contributed by atoms with E-state index in [9.17, 15) is 4.79 Å². The van der Waals surface area contributed by atoms with Gasteiger partial charge in [0, 0.05) is 45.1 Å². The third-order valence-electron chi connectivity index (χ3n) is 4.32.